The van der Waals surface area contributed by atoms with Gasteiger partial charge in [-0.2, -0.15) is 0 Å². The molecule has 1 heterocycles. The fourth-order valence-corrected chi connectivity index (χ4v) is 3.44. The van der Waals surface area contributed by atoms with Gasteiger partial charge in [-0.1, -0.05) is 30.3 Å². The third kappa shape index (κ3) is 9.95. The van der Waals surface area contributed by atoms with Crippen LogP contribution in [-0.4, -0.2) is 54.0 Å². The van der Waals surface area contributed by atoms with Crippen molar-refractivity contribution in [2.75, 3.05) is 0 Å². The van der Waals surface area contributed by atoms with E-state index in [1.807, 2.05) is 0 Å². The van der Waals surface area contributed by atoms with Gasteiger partial charge in [0, 0.05) is 6.20 Å². The van der Waals surface area contributed by atoms with E-state index in [-0.39, 0.29) is 93.7 Å². The van der Waals surface area contributed by atoms with Crippen molar-refractivity contribution in [1.29, 1.82) is 0 Å². The molecule has 0 amide bonds. The zero-order chi connectivity index (χ0) is 21.1. The van der Waals surface area contributed by atoms with Gasteiger partial charge in [0.2, 0.25) is 0 Å². The van der Waals surface area contributed by atoms with E-state index in [0.29, 0.717) is 16.8 Å². The predicted molar refractivity (Wildman–Crippen MR) is 107 cm³/mol. The first kappa shape index (κ1) is 31.8. The van der Waals surface area contributed by atoms with Gasteiger partial charge in [0.1, 0.15) is 11.5 Å². The van der Waals surface area contributed by atoms with Crippen molar-refractivity contribution in [1.82, 2.24) is 4.98 Å². The summed E-state index contributed by atoms with van der Waals surface area (Å²) in [5.41, 5.74) is 2.05. The average Bonchev–Trinajstić information content (AvgIpc) is 2.63. The van der Waals surface area contributed by atoms with Gasteiger partial charge in [-0.05, 0) is 47.5 Å². The Balaban J connectivity index is 0.00000320. The van der Waals surface area contributed by atoms with Crippen LogP contribution in [0, 0.1) is 0 Å². The molecule has 2 aromatic carbocycles. The maximum atomic E-state index is 10.7. The Labute approximate surface area is 246 Å². The second-order valence-electron chi connectivity index (χ2n) is 5.81. The average molecular weight is 508 g/mol. The summed E-state index contributed by atoms with van der Waals surface area (Å²) in [5.74, 6) is -0.673. The standard InChI is InChI=1S/C18H15NO8S2.Mg.2Na.2H/c20-28(21,22)26-15-8-4-13(5-9-15)18(17-3-1-2-12-19-17)14-6-10-16(11-7-14)27-29(23,24)25;;;;;/h1-12,18H,(H,20,21,22)(H,23,24,25);;;;;/q;;2*+1;;/p-2. The molecule has 0 unspecified atom stereocenters. The number of rotatable bonds is 7. The molecule has 0 atom stereocenters. The van der Waals surface area contributed by atoms with Crippen LogP contribution in [0.25, 0.3) is 0 Å². The Kier molecular flexibility index (Phi) is 13.5. The van der Waals surface area contributed by atoms with Crippen LogP contribution in [0.1, 0.15) is 22.7 Å². The zero-order valence-corrected chi connectivity index (χ0v) is 22.2. The summed E-state index contributed by atoms with van der Waals surface area (Å²) in [7, 11) is -9.77. The van der Waals surface area contributed by atoms with E-state index in [1.165, 1.54) is 24.3 Å². The summed E-state index contributed by atoms with van der Waals surface area (Å²) in [6.45, 7) is 0. The van der Waals surface area contributed by atoms with Gasteiger partial charge in [0.15, 0.2) is 0 Å². The first-order valence-electron chi connectivity index (χ1n) is 8.02. The monoisotopic (exact) mass is 507 g/mol. The van der Waals surface area contributed by atoms with Crippen molar-refractivity contribution in [3.05, 3.63) is 89.7 Å². The van der Waals surface area contributed by atoms with Crippen LogP contribution >= 0.6 is 0 Å². The third-order valence-corrected chi connectivity index (χ3v) is 4.60. The molecule has 0 N–H and O–H groups in total. The Morgan fingerprint density at radius 3 is 1.41 bits per heavy atom. The van der Waals surface area contributed by atoms with E-state index in [1.54, 1.807) is 48.7 Å². The zero-order valence-electron chi connectivity index (χ0n) is 16.5. The molecular formula is C18H15MgNNa2O8S2. The molecule has 3 aromatic rings. The van der Waals surface area contributed by atoms with Crippen molar-refractivity contribution < 1.29 is 93.4 Å². The SMILES string of the molecule is O=S(=O)([O-])Oc1ccc(C(c2ccc(OS(=O)(=O)[O-])cc2)c2ccccn2)cc1.[MgH2].[Na+].[Na+]. The van der Waals surface area contributed by atoms with Crippen molar-refractivity contribution in [2.45, 2.75) is 5.92 Å². The Morgan fingerprint density at radius 1 is 0.688 bits per heavy atom. The van der Waals surface area contributed by atoms with E-state index in [0.717, 1.165) is 0 Å². The van der Waals surface area contributed by atoms with E-state index in [2.05, 4.69) is 13.4 Å². The molecule has 32 heavy (non-hydrogen) atoms. The van der Waals surface area contributed by atoms with Crippen molar-refractivity contribution >= 4 is 43.9 Å². The van der Waals surface area contributed by atoms with Crippen LogP contribution in [0.5, 0.6) is 11.5 Å². The number of nitrogens with zero attached hydrogens (tertiary/aromatic N) is 1. The van der Waals surface area contributed by atoms with E-state index in [4.69, 9.17) is 0 Å². The fraction of sp³-hybridized carbons (Fsp3) is 0.0556. The summed E-state index contributed by atoms with van der Waals surface area (Å²) in [4.78, 5) is 4.34. The van der Waals surface area contributed by atoms with Gasteiger partial charge >= 0.3 is 82.2 Å². The predicted octanol–water partition coefficient (Wildman–Crippen LogP) is -4.97. The summed E-state index contributed by atoms with van der Waals surface area (Å²) >= 11 is 0. The van der Waals surface area contributed by atoms with Crippen LogP contribution in [0.3, 0.4) is 0 Å². The first-order chi connectivity index (χ1) is 13.6. The molecule has 0 bridgehead atoms. The largest absolute Gasteiger partial charge is 1.00 e. The van der Waals surface area contributed by atoms with Crippen LogP contribution in [0.15, 0.2) is 72.9 Å². The maximum absolute atomic E-state index is 10.7. The summed E-state index contributed by atoms with van der Waals surface area (Å²) in [6, 6.07) is 17.0. The topological polar surface area (TPSA) is 146 Å². The molecule has 0 saturated carbocycles. The van der Waals surface area contributed by atoms with Gasteiger partial charge in [0.25, 0.3) is 20.8 Å². The molecule has 9 nitrogen and oxygen atoms in total. The smallest absolute Gasteiger partial charge is 0.716 e. The number of hydrogen-bond acceptors (Lipinski definition) is 9. The Hall–Kier alpha value is -0.224. The summed E-state index contributed by atoms with van der Waals surface area (Å²) < 4.78 is 73.0. The summed E-state index contributed by atoms with van der Waals surface area (Å²) in [5, 5.41) is 0. The van der Waals surface area contributed by atoms with Gasteiger partial charge in [-0.25, -0.2) is 16.8 Å². The second-order valence-corrected chi connectivity index (χ2v) is 7.78. The van der Waals surface area contributed by atoms with Crippen LogP contribution in [-0.2, 0) is 20.8 Å². The number of hydrogen-bond donors (Lipinski definition) is 0. The van der Waals surface area contributed by atoms with E-state index < -0.39 is 26.7 Å². The minimum absolute atomic E-state index is 0. The Bertz CT molecular complexity index is 1120. The molecular weight excluding hydrogens is 493 g/mol. The molecule has 0 aliphatic heterocycles. The maximum Gasteiger partial charge on any atom is 1.00 e. The van der Waals surface area contributed by atoms with Crippen LogP contribution in [0.2, 0.25) is 0 Å². The van der Waals surface area contributed by atoms with Crippen molar-refractivity contribution in [2.24, 2.45) is 0 Å². The number of benzene rings is 2. The molecule has 0 radical (unpaired) electrons. The Morgan fingerprint density at radius 2 is 1.09 bits per heavy atom. The minimum atomic E-state index is -4.89. The van der Waals surface area contributed by atoms with Gasteiger partial charge < -0.3 is 17.5 Å². The van der Waals surface area contributed by atoms with Crippen LogP contribution in [0.4, 0.5) is 0 Å². The molecule has 0 aliphatic rings. The molecule has 156 valence electrons. The first-order valence-corrected chi connectivity index (χ1v) is 10.7. The molecule has 0 spiro atoms. The second kappa shape index (κ2) is 13.6. The molecule has 14 heteroatoms. The van der Waals surface area contributed by atoms with Crippen molar-refractivity contribution in [3.63, 3.8) is 0 Å². The molecule has 0 saturated heterocycles. The molecule has 0 aliphatic carbocycles. The normalized spacial score (nSPS) is 10.8. The molecule has 3 rings (SSSR count). The number of pyridine rings is 1. The molecule has 0 fully saturated rings. The quantitative estimate of drug-likeness (QED) is 0.174. The van der Waals surface area contributed by atoms with Gasteiger partial charge in [-0.3, -0.25) is 4.98 Å². The van der Waals surface area contributed by atoms with E-state index in [9.17, 15) is 25.9 Å². The molecule has 1 aromatic heterocycles. The number of aromatic nitrogens is 1. The fourth-order valence-electron chi connectivity index (χ4n) is 2.75. The van der Waals surface area contributed by atoms with Crippen LogP contribution < -0.4 is 67.5 Å². The van der Waals surface area contributed by atoms with Crippen molar-refractivity contribution in [3.8, 4) is 11.5 Å². The van der Waals surface area contributed by atoms with Gasteiger partial charge in [0.05, 0.1) is 11.6 Å². The van der Waals surface area contributed by atoms with E-state index >= 15 is 0 Å². The third-order valence-electron chi connectivity index (χ3n) is 3.81. The van der Waals surface area contributed by atoms with Gasteiger partial charge in [-0.15, -0.1) is 0 Å². The summed E-state index contributed by atoms with van der Waals surface area (Å²) in [6.07, 6.45) is 1.60. The minimum Gasteiger partial charge on any atom is -0.716 e.